The lowest BCUT2D eigenvalue weighted by Gasteiger charge is -2.11. The summed E-state index contributed by atoms with van der Waals surface area (Å²) in [4.78, 5) is 14.5. The summed E-state index contributed by atoms with van der Waals surface area (Å²) < 4.78 is 7.53. The van der Waals surface area contributed by atoms with Gasteiger partial charge in [-0.1, -0.05) is 12.8 Å². The topological polar surface area (TPSA) is 44.1 Å². The van der Waals surface area contributed by atoms with Crippen LogP contribution >= 0.6 is 0 Å². The lowest BCUT2D eigenvalue weighted by atomic mass is 10.3. The molecule has 1 aliphatic carbocycles. The maximum Gasteiger partial charge on any atom is 0.168 e. The molecule has 0 bridgehead atoms. The van der Waals surface area contributed by atoms with E-state index in [9.17, 15) is 4.79 Å². The molecule has 0 aromatic carbocycles. The van der Waals surface area contributed by atoms with Gasteiger partial charge >= 0.3 is 0 Å². The van der Waals surface area contributed by atoms with Crippen LogP contribution in [0, 0.1) is 0 Å². The average molecular weight is 208 g/mol. The third-order valence-corrected chi connectivity index (χ3v) is 2.85. The molecule has 0 atom stereocenters. The Morgan fingerprint density at radius 2 is 2.33 bits per heavy atom. The number of aromatic nitrogens is 2. The van der Waals surface area contributed by atoms with Gasteiger partial charge in [-0.2, -0.15) is 0 Å². The molecule has 15 heavy (non-hydrogen) atoms. The number of nitrogens with zero attached hydrogens (tertiary/aromatic N) is 2. The van der Waals surface area contributed by atoms with Crippen LogP contribution in [-0.2, 0) is 11.3 Å². The smallest absolute Gasteiger partial charge is 0.168 e. The summed E-state index contributed by atoms with van der Waals surface area (Å²) in [5, 5.41) is 0. The molecule has 1 aromatic heterocycles. The van der Waals surface area contributed by atoms with Gasteiger partial charge in [0, 0.05) is 6.54 Å². The van der Waals surface area contributed by atoms with Crippen molar-refractivity contribution in [2.24, 2.45) is 0 Å². The van der Waals surface area contributed by atoms with E-state index in [0.717, 1.165) is 6.29 Å². The van der Waals surface area contributed by atoms with Crippen LogP contribution in [0.25, 0.3) is 0 Å². The Balaban J connectivity index is 1.75. The highest BCUT2D eigenvalue weighted by Gasteiger charge is 2.14. The second-order valence-electron chi connectivity index (χ2n) is 3.91. The minimum Gasteiger partial charge on any atom is -0.376 e. The van der Waals surface area contributed by atoms with Gasteiger partial charge in [0.25, 0.3) is 0 Å². The fourth-order valence-corrected chi connectivity index (χ4v) is 1.99. The molecule has 1 aliphatic rings. The van der Waals surface area contributed by atoms with E-state index in [-0.39, 0.29) is 0 Å². The first-order valence-electron chi connectivity index (χ1n) is 5.47. The van der Waals surface area contributed by atoms with E-state index >= 15 is 0 Å². The molecule has 4 heteroatoms. The largest absolute Gasteiger partial charge is 0.376 e. The van der Waals surface area contributed by atoms with E-state index in [1.807, 2.05) is 4.57 Å². The lowest BCUT2D eigenvalue weighted by molar-refractivity contribution is 0.0527. The molecular weight excluding hydrogens is 192 g/mol. The van der Waals surface area contributed by atoms with E-state index in [1.165, 1.54) is 25.7 Å². The summed E-state index contributed by atoms with van der Waals surface area (Å²) in [7, 11) is 0. The maximum atomic E-state index is 10.6. The third-order valence-electron chi connectivity index (χ3n) is 2.85. The van der Waals surface area contributed by atoms with Crippen molar-refractivity contribution in [3.8, 4) is 0 Å². The van der Waals surface area contributed by atoms with Crippen LogP contribution in [0.4, 0.5) is 0 Å². The van der Waals surface area contributed by atoms with Crippen molar-refractivity contribution in [2.45, 2.75) is 38.3 Å². The molecule has 0 spiro atoms. The number of hydrogen-bond donors (Lipinski definition) is 0. The van der Waals surface area contributed by atoms with Gasteiger partial charge < -0.3 is 9.30 Å². The Labute approximate surface area is 89.3 Å². The van der Waals surface area contributed by atoms with E-state index in [2.05, 4.69) is 4.98 Å². The first-order chi connectivity index (χ1) is 7.40. The minimum absolute atomic E-state index is 0.438. The van der Waals surface area contributed by atoms with Gasteiger partial charge in [-0.25, -0.2) is 4.98 Å². The van der Waals surface area contributed by atoms with Gasteiger partial charge in [-0.15, -0.1) is 0 Å². The van der Waals surface area contributed by atoms with Gasteiger partial charge in [0.05, 0.1) is 25.2 Å². The summed E-state index contributed by atoms with van der Waals surface area (Å²) in [5.74, 6) is 0. The second-order valence-corrected chi connectivity index (χ2v) is 3.91. The van der Waals surface area contributed by atoms with Gasteiger partial charge in [0.15, 0.2) is 6.29 Å². The average Bonchev–Trinajstić information content (AvgIpc) is 2.88. The highest BCUT2D eigenvalue weighted by molar-refractivity contribution is 5.71. The van der Waals surface area contributed by atoms with E-state index in [0.29, 0.717) is 24.9 Å². The van der Waals surface area contributed by atoms with Crippen LogP contribution in [0.5, 0.6) is 0 Å². The molecule has 0 aliphatic heterocycles. The van der Waals surface area contributed by atoms with E-state index in [4.69, 9.17) is 4.74 Å². The van der Waals surface area contributed by atoms with Crippen LogP contribution in [-0.4, -0.2) is 28.5 Å². The fourth-order valence-electron chi connectivity index (χ4n) is 1.99. The molecule has 0 amide bonds. The van der Waals surface area contributed by atoms with Gasteiger partial charge in [-0.3, -0.25) is 4.79 Å². The molecule has 1 aromatic rings. The first kappa shape index (κ1) is 10.4. The van der Waals surface area contributed by atoms with Crippen LogP contribution in [0.1, 0.15) is 36.2 Å². The molecule has 0 unspecified atom stereocenters. The van der Waals surface area contributed by atoms with Crippen molar-refractivity contribution in [3.05, 3.63) is 18.2 Å². The highest BCUT2D eigenvalue weighted by atomic mass is 16.5. The number of rotatable bonds is 5. The normalized spacial score (nSPS) is 17.1. The van der Waals surface area contributed by atoms with Crippen molar-refractivity contribution in [2.75, 3.05) is 6.61 Å². The van der Waals surface area contributed by atoms with E-state index in [1.54, 1.807) is 12.5 Å². The molecule has 1 saturated carbocycles. The number of aldehydes is 1. The monoisotopic (exact) mass is 208 g/mol. The van der Waals surface area contributed by atoms with Crippen molar-refractivity contribution in [1.82, 2.24) is 9.55 Å². The molecule has 2 rings (SSSR count). The summed E-state index contributed by atoms with van der Waals surface area (Å²) >= 11 is 0. The number of carbonyl (C=O) groups is 1. The fraction of sp³-hybridized carbons (Fsp3) is 0.636. The van der Waals surface area contributed by atoms with Crippen molar-refractivity contribution < 1.29 is 9.53 Å². The summed E-state index contributed by atoms with van der Waals surface area (Å²) in [6.07, 6.45) is 9.44. The summed E-state index contributed by atoms with van der Waals surface area (Å²) in [6.45, 7) is 1.38. The molecule has 4 nitrogen and oxygen atoms in total. The van der Waals surface area contributed by atoms with Crippen molar-refractivity contribution >= 4 is 6.29 Å². The Hall–Kier alpha value is -1.16. The van der Waals surface area contributed by atoms with Gasteiger partial charge in [-0.05, 0) is 12.8 Å². The summed E-state index contributed by atoms with van der Waals surface area (Å²) in [5.41, 5.74) is 0.616. The second kappa shape index (κ2) is 5.07. The molecule has 0 N–H and O–H groups in total. The quantitative estimate of drug-likeness (QED) is 0.691. The Kier molecular flexibility index (Phi) is 3.50. The Morgan fingerprint density at radius 3 is 3.07 bits per heavy atom. The number of hydrogen-bond acceptors (Lipinski definition) is 3. The SMILES string of the molecule is O=Cc1cncn1CCOC1CCCC1. The maximum absolute atomic E-state index is 10.6. The molecule has 82 valence electrons. The number of ether oxygens (including phenoxy) is 1. The van der Waals surface area contributed by atoms with Gasteiger partial charge in [0.2, 0.25) is 0 Å². The van der Waals surface area contributed by atoms with Crippen LogP contribution in [0.3, 0.4) is 0 Å². The van der Waals surface area contributed by atoms with Crippen LogP contribution < -0.4 is 0 Å². The Morgan fingerprint density at radius 1 is 1.53 bits per heavy atom. The third kappa shape index (κ3) is 2.65. The first-order valence-corrected chi connectivity index (χ1v) is 5.47. The molecule has 1 fully saturated rings. The molecular formula is C11H16N2O2. The Bertz CT molecular complexity index is 316. The van der Waals surface area contributed by atoms with Crippen LogP contribution in [0.15, 0.2) is 12.5 Å². The number of carbonyl (C=O) groups excluding carboxylic acids is 1. The zero-order valence-electron chi connectivity index (χ0n) is 8.76. The van der Waals surface area contributed by atoms with Crippen LogP contribution in [0.2, 0.25) is 0 Å². The minimum atomic E-state index is 0.438. The predicted octanol–water partition coefficient (Wildman–Crippen LogP) is 1.65. The standard InChI is InChI=1S/C11H16N2O2/c14-8-10-7-12-9-13(10)5-6-15-11-3-1-2-4-11/h7-9,11H,1-6H2. The lowest BCUT2D eigenvalue weighted by Crippen LogP contribution is -2.13. The molecule has 1 heterocycles. The summed E-state index contributed by atoms with van der Waals surface area (Å²) in [6, 6.07) is 0. The zero-order valence-corrected chi connectivity index (χ0v) is 8.76. The molecule has 0 saturated heterocycles. The molecule has 0 radical (unpaired) electrons. The van der Waals surface area contributed by atoms with Gasteiger partial charge in [0.1, 0.15) is 5.69 Å². The number of imidazole rings is 1. The van der Waals surface area contributed by atoms with Crippen molar-refractivity contribution in [1.29, 1.82) is 0 Å². The zero-order chi connectivity index (χ0) is 10.5. The highest BCUT2D eigenvalue weighted by Crippen LogP contribution is 2.20. The van der Waals surface area contributed by atoms with E-state index < -0.39 is 0 Å². The van der Waals surface area contributed by atoms with Crippen molar-refractivity contribution in [3.63, 3.8) is 0 Å². The predicted molar refractivity (Wildman–Crippen MR) is 55.8 cm³/mol.